The summed E-state index contributed by atoms with van der Waals surface area (Å²) in [6.07, 6.45) is 1.72. The normalized spacial score (nSPS) is 11.2. The van der Waals surface area contributed by atoms with Crippen LogP contribution in [0.2, 0.25) is 10.2 Å². The highest BCUT2D eigenvalue weighted by Gasteiger charge is 2.09. The molecule has 18 heavy (non-hydrogen) atoms. The van der Waals surface area contributed by atoms with Crippen molar-refractivity contribution in [2.75, 3.05) is 7.05 Å². The van der Waals surface area contributed by atoms with Crippen LogP contribution in [0.3, 0.4) is 0 Å². The maximum atomic E-state index is 6.13. The number of aryl methyl sites for hydroxylation is 1. The molecule has 3 nitrogen and oxygen atoms in total. The Morgan fingerprint density at radius 1 is 1.28 bits per heavy atom. The summed E-state index contributed by atoms with van der Waals surface area (Å²) in [7, 11) is 2.05. The smallest absolute Gasteiger partial charge is 0.130 e. The van der Waals surface area contributed by atoms with E-state index in [-0.39, 0.29) is 0 Å². The Morgan fingerprint density at radius 2 is 2.06 bits per heavy atom. The number of hydrogen-bond donors (Lipinski definition) is 0. The van der Waals surface area contributed by atoms with Gasteiger partial charge in [0.2, 0.25) is 0 Å². The van der Waals surface area contributed by atoms with Crippen molar-refractivity contribution in [3.05, 3.63) is 44.1 Å². The lowest BCUT2D eigenvalue weighted by molar-refractivity contribution is 0.321. The van der Waals surface area contributed by atoms with E-state index in [0.717, 1.165) is 24.3 Å². The van der Waals surface area contributed by atoms with Crippen LogP contribution in [0.25, 0.3) is 0 Å². The molecule has 0 fully saturated rings. The van der Waals surface area contributed by atoms with Gasteiger partial charge in [-0.05, 0) is 20.0 Å². The Hall–Kier alpha value is -0.680. The number of rotatable bonds is 4. The van der Waals surface area contributed by atoms with Gasteiger partial charge in [0.25, 0.3) is 0 Å². The molecule has 0 saturated heterocycles. The highest BCUT2D eigenvalue weighted by atomic mass is 35.5. The molecule has 2 rings (SSSR count). The van der Waals surface area contributed by atoms with Gasteiger partial charge in [0.05, 0.1) is 11.2 Å². The molecule has 0 bridgehead atoms. The van der Waals surface area contributed by atoms with Crippen LogP contribution in [0.1, 0.15) is 16.1 Å². The Balaban J connectivity index is 2.03. The summed E-state index contributed by atoms with van der Waals surface area (Å²) in [5.74, 6) is 0. The van der Waals surface area contributed by atoms with Gasteiger partial charge in [-0.2, -0.15) is 0 Å². The summed E-state index contributed by atoms with van der Waals surface area (Å²) in [5.41, 5.74) is 3.94. The van der Waals surface area contributed by atoms with Gasteiger partial charge >= 0.3 is 0 Å². The molecule has 0 amide bonds. The van der Waals surface area contributed by atoms with Crippen LogP contribution in [0, 0.1) is 6.92 Å². The predicted molar refractivity (Wildman–Crippen MR) is 76.3 cm³/mol. The molecule has 0 unspecified atom stereocenters. The van der Waals surface area contributed by atoms with Crippen molar-refractivity contribution in [2.45, 2.75) is 20.0 Å². The Labute approximate surface area is 120 Å². The molecule has 0 aliphatic carbocycles. The van der Waals surface area contributed by atoms with E-state index in [0.29, 0.717) is 10.2 Å². The molecule has 2 aromatic heterocycles. The van der Waals surface area contributed by atoms with Crippen molar-refractivity contribution in [3.8, 4) is 0 Å². The quantitative estimate of drug-likeness (QED) is 0.805. The zero-order valence-electron chi connectivity index (χ0n) is 10.2. The first kappa shape index (κ1) is 13.7. The van der Waals surface area contributed by atoms with E-state index in [1.165, 1.54) is 4.88 Å². The van der Waals surface area contributed by atoms with Crippen molar-refractivity contribution in [3.63, 3.8) is 0 Å². The number of hydrogen-bond acceptors (Lipinski definition) is 4. The van der Waals surface area contributed by atoms with Gasteiger partial charge in [0.15, 0.2) is 0 Å². The molecule has 0 atom stereocenters. The molecule has 2 aromatic rings. The van der Waals surface area contributed by atoms with Crippen LogP contribution in [0.5, 0.6) is 0 Å². The summed E-state index contributed by atoms with van der Waals surface area (Å²) in [6.45, 7) is 3.62. The van der Waals surface area contributed by atoms with Crippen LogP contribution in [-0.4, -0.2) is 21.9 Å². The lowest BCUT2D eigenvalue weighted by Gasteiger charge is -2.16. The zero-order valence-corrected chi connectivity index (χ0v) is 12.5. The van der Waals surface area contributed by atoms with E-state index < -0.39 is 0 Å². The molecular weight excluding hydrogens is 289 g/mol. The summed E-state index contributed by atoms with van der Waals surface area (Å²) in [6, 6.07) is 1.67. The zero-order chi connectivity index (χ0) is 13.1. The van der Waals surface area contributed by atoms with Gasteiger partial charge < -0.3 is 0 Å². The van der Waals surface area contributed by atoms with Crippen LogP contribution >= 0.6 is 34.5 Å². The number of thiazole rings is 1. The second-order valence-corrected chi connectivity index (χ2v) is 5.87. The largest absolute Gasteiger partial charge is 0.297 e. The van der Waals surface area contributed by atoms with Crippen LogP contribution in [-0.2, 0) is 13.1 Å². The first-order valence-electron chi connectivity index (χ1n) is 5.43. The monoisotopic (exact) mass is 301 g/mol. The predicted octanol–water partition coefficient (Wildman–Crippen LogP) is 3.79. The fourth-order valence-electron chi connectivity index (χ4n) is 1.62. The average Bonchev–Trinajstić information content (AvgIpc) is 2.69. The lowest BCUT2D eigenvalue weighted by atomic mass is 10.2. The number of aromatic nitrogens is 2. The van der Waals surface area contributed by atoms with Crippen LogP contribution < -0.4 is 0 Å². The first-order chi connectivity index (χ1) is 8.56. The summed E-state index contributed by atoms with van der Waals surface area (Å²) in [4.78, 5) is 11.7. The van der Waals surface area contributed by atoms with Gasteiger partial charge in [-0.1, -0.05) is 23.2 Å². The van der Waals surface area contributed by atoms with E-state index >= 15 is 0 Å². The Morgan fingerprint density at radius 3 is 2.67 bits per heavy atom. The van der Waals surface area contributed by atoms with E-state index in [2.05, 4.69) is 14.9 Å². The highest BCUT2D eigenvalue weighted by molar-refractivity contribution is 7.09. The minimum atomic E-state index is 0.421. The SMILES string of the molecule is Cc1ncsc1CN(C)Cc1cnc(Cl)cc1Cl. The van der Waals surface area contributed by atoms with E-state index in [4.69, 9.17) is 23.2 Å². The fourth-order valence-corrected chi connectivity index (χ4v) is 2.90. The Kier molecular flexibility index (Phi) is 4.56. The molecule has 96 valence electrons. The lowest BCUT2D eigenvalue weighted by Crippen LogP contribution is -2.17. The molecule has 0 aromatic carbocycles. The van der Waals surface area contributed by atoms with Gasteiger partial charge in [0.1, 0.15) is 5.15 Å². The third-order valence-corrected chi connectivity index (χ3v) is 4.07. The second-order valence-electron chi connectivity index (χ2n) is 4.13. The summed E-state index contributed by atoms with van der Waals surface area (Å²) in [5, 5.41) is 1.08. The number of nitrogens with zero attached hydrogens (tertiary/aromatic N) is 3. The molecule has 6 heteroatoms. The van der Waals surface area contributed by atoms with Crippen LogP contribution in [0.4, 0.5) is 0 Å². The van der Waals surface area contributed by atoms with Crippen molar-refractivity contribution in [1.29, 1.82) is 0 Å². The fraction of sp³-hybridized carbons (Fsp3) is 0.333. The maximum absolute atomic E-state index is 6.13. The number of pyridine rings is 1. The average molecular weight is 302 g/mol. The number of halogens is 2. The van der Waals surface area contributed by atoms with Gasteiger partial charge in [-0.25, -0.2) is 9.97 Å². The van der Waals surface area contributed by atoms with Crippen molar-refractivity contribution in [2.24, 2.45) is 0 Å². The minimum Gasteiger partial charge on any atom is -0.297 e. The third-order valence-electron chi connectivity index (χ3n) is 2.59. The molecular formula is C12H13Cl2N3S. The highest BCUT2D eigenvalue weighted by Crippen LogP contribution is 2.21. The topological polar surface area (TPSA) is 29.0 Å². The molecule has 0 aliphatic heterocycles. The molecule has 0 radical (unpaired) electrons. The van der Waals surface area contributed by atoms with Gasteiger partial charge in [0, 0.05) is 34.7 Å². The van der Waals surface area contributed by atoms with Crippen molar-refractivity contribution in [1.82, 2.24) is 14.9 Å². The van der Waals surface area contributed by atoms with Crippen LogP contribution in [0.15, 0.2) is 17.8 Å². The van der Waals surface area contributed by atoms with Gasteiger partial charge in [-0.3, -0.25) is 4.90 Å². The van der Waals surface area contributed by atoms with E-state index in [1.54, 1.807) is 23.6 Å². The molecule has 0 saturated carbocycles. The summed E-state index contributed by atoms with van der Waals surface area (Å²) < 4.78 is 0. The van der Waals surface area contributed by atoms with E-state index in [1.807, 2.05) is 19.5 Å². The minimum absolute atomic E-state index is 0.421. The molecule has 0 spiro atoms. The molecule has 0 N–H and O–H groups in total. The Bertz CT molecular complexity index is 542. The van der Waals surface area contributed by atoms with Crippen molar-refractivity contribution < 1.29 is 0 Å². The molecule has 2 heterocycles. The standard InChI is InChI=1S/C12H13Cl2N3S/c1-8-11(18-7-16-8)6-17(2)5-9-4-15-12(14)3-10(9)13/h3-4,7H,5-6H2,1-2H3. The first-order valence-corrected chi connectivity index (χ1v) is 7.07. The third kappa shape index (κ3) is 3.42. The summed E-state index contributed by atoms with van der Waals surface area (Å²) >= 11 is 13.6. The van der Waals surface area contributed by atoms with E-state index in [9.17, 15) is 0 Å². The molecule has 0 aliphatic rings. The van der Waals surface area contributed by atoms with Gasteiger partial charge in [-0.15, -0.1) is 11.3 Å². The van der Waals surface area contributed by atoms with Crippen molar-refractivity contribution >= 4 is 34.5 Å². The maximum Gasteiger partial charge on any atom is 0.130 e. The second kappa shape index (κ2) is 5.97.